The first kappa shape index (κ1) is 21.9. The highest BCUT2D eigenvalue weighted by Crippen LogP contribution is 2.53. The Morgan fingerprint density at radius 1 is 0.914 bits per heavy atom. The number of hydrazone groups is 1. The molecule has 0 aromatic heterocycles. The molecule has 0 saturated carbocycles. The predicted molar refractivity (Wildman–Crippen MR) is 129 cm³/mol. The van der Waals surface area contributed by atoms with Crippen LogP contribution in [-0.2, 0) is 9.59 Å². The second kappa shape index (κ2) is 8.00. The van der Waals surface area contributed by atoms with E-state index in [2.05, 4.69) is 5.10 Å². The second-order valence-corrected chi connectivity index (χ2v) is 9.52. The zero-order chi connectivity index (χ0) is 24.4. The van der Waals surface area contributed by atoms with Crippen molar-refractivity contribution in [3.63, 3.8) is 0 Å². The summed E-state index contributed by atoms with van der Waals surface area (Å²) in [5, 5.41) is 6.58. The van der Waals surface area contributed by atoms with Gasteiger partial charge < -0.3 is 0 Å². The lowest BCUT2D eigenvalue weighted by Crippen LogP contribution is -2.44. The van der Waals surface area contributed by atoms with Gasteiger partial charge in [-0.15, -0.1) is 0 Å². The molecule has 174 valence electrons. The molecule has 3 aromatic carbocycles. The summed E-state index contributed by atoms with van der Waals surface area (Å²) in [5.41, 5.74) is 2.06. The van der Waals surface area contributed by atoms with Crippen molar-refractivity contribution < 1.29 is 18.8 Å². The van der Waals surface area contributed by atoms with Crippen LogP contribution in [0.4, 0.5) is 10.1 Å². The highest BCUT2D eigenvalue weighted by Gasteiger charge is 2.65. The average Bonchev–Trinajstić information content (AvgIpc) is 3.32. The summed E-state index contributed by atoms with van der Waals surface area (Å²) in [4.78, 5) is 42.4. The molecule has 9 heteroatoms. The smallest absolute Gasteiger partial charge is 0.240 e. The maximum atomic E-state index is 13.8. The van der Waals surface area contributed by atoms with E-state index >= 15 is 0 Å². The van der Waals surface area contributed by atoms with Crippen LogP contribution in [0.2, 0.25) is 10.0 Å². The molecule has 2 fully saturated rings. The number of Topliss-reactive ketones (excluding diaryl/α,β-unsaturated/α-hetero) is 1. The fourth-order valence-electron chi connectivity index (χ4n) is 5.35. The number of benzene rings is 3. The molecule has 0 spiro atoms. The Kier molecular flexibility index (Phi) is 5.02. The van der Waals surface area contributed by atoms with Crippen LogP contribution >= 0.6 is 23.2 Å². The van der Waals surface area contributed by atoms with Gasteiger partial charge in [-0.2, -0.15) is 5.10 Å². The zero-order valence-corrected chi connectivity index (χ0v) is 19.4. The molecule has 2 amide bonds. The third-order valence-electron chi connectivity index (χ3n) is 6.84. The van der Waals surface area contributed by atoms with E-state index in [1.54, 1.807) is 17.3 Å². The minimum absolute atomic E-state index is 0.152. The van der Waals surface area contributed by atoms with Crippen LogP contribution in [0.3, 0.4) is 0 Å². The molecular weight excluding hydrogens is 492 g/mol. The van der Waals surface area contributed by atoms with Gasteiger partial charge in [0.05, 0.1) is 34.8 Å². The first-order chi connectivity index (χ1) is 16.9. The van der Waals surface area contributed by atoms with Crippen LogP contribution in [0.15, 0.2) is 71.8 Å². The molecule has 0 N–H and O–H groups in total. The van der Waals surface area contributed by atoms with Crippen LogP contribution < -0.4 is 4.90 Å². The predicted octanol–water partition coefficient (Wildman–Crippen LogP) is 4.89. The summed E-state index contributed by atoms with van der Waals surface area (Å²) < 4.78 is 13.5. The van der Waals surface area contributed by atoms with Gasteiger partial charge in [-0.1, -0.05) is 47.5 Å². The van der Waals surface area contributed by atoms with Gasteiger partial charge >= 0.3 is 0 Å². The van der Waals surface area contributed by atoms with Crippen LogP contribution in [0.5, 0.6) is 0 Å². The number of fused-ring (bicyclic) bond motifs is 5. The normalized spacial score (nSPS) is 24.4. The first-order valence-electron chi connectivity index (χ1n) is 10.9. The number of hydrogen-bond acceptors (Lipinski definition) is 5. The lowest BCUT2D eigenvalue weighted by atomic mass is 9.83. The van der Waals surface area contributed by atoms with Crippen molar-refractivity contribution in [1.82, 2.24) is 5.01 Å². The molecule has 2 saturated heterocycles. The van der Waals surface area contributed by atoms with Gasteiger partial charge in [0.15, 0.2) is 5.78 Å². The Hall–Kier alpha value is -3.55. The van der Waals surface area contributed by atoms with Gasteiger partial charge in [-0.25, -0.2) is 9.29 Å². The van der Waals surface area contributed by atoms with Crippen molar-refractivity contribution >= 4 is 52.7 Å². The lowest BCUT2D eigenvalue weighted by molar-refractivity contribution is -0.124. The standard InChI is InChI=1S/C26H16Cl2FN3O3/c27-15-7-10-19(18(28)11-15)31-25(34)20-21(26(31)35)23(24(33)13-5-8-16(29)9-6-13)32-22(20)17-4-2-1-3-14(17)12-30-32/h1-12,20-23H. The van der Waals surface area contributed by atoms with E-state index < -0.39 is 47.3 Å². The summed E-state index contributed by atoms with van der Waals surface area (Å²) >= 11 is 12.4. The molecule has 4 atom stereocenters. The molecule has 0 radical (unpaired) electrons. The topological polar surface area (TPSA) is 70.0 Å². The molecule has 3 heterocycles. The number of imide groups is 1. The van der Waals surface area contributed by atoms with E-state index in [0.717, 1.165) is 16.0 Å². The van der Waals surface area contributed by atoms with E-state index in [9.17, 15) is 18.8 Å². The van der Waals surface area contributed by atoms with Gasteiger partial charge in [0.2, 0.25) is 11.8 Å². The van der Waals surface area contributed by atoms with Crippen LogP contribution in [-0.4, -0.2) is 34.9 Å². The number of anilines is 1. The molecule has 4 unspecified atom stereocenters. The molecule has 6 rings (SSSR count). The van der Waals surface area contributed by atoms with Gasteiger partial charge in [0.1, 0.15) is 11.9 Å². The maximum absolute atomic E-state index is 13.8. The van der Waals surface area contributed by atoms with Crippen molar-refractivity contribution in [2.75, 3.05) is 4.90 Å². The third-order valence-corrected chi connectivity index (χ3v) is 7.38. The molecule has 3 aliphatic heterocycles. The number of amides is 2. The average molecular weight is 508 g/mol. The van der Waals surface area contributed by atoms with Crippen LogP contribution in [0.25, 0.3) is 0 Å². The van der Waals surface area contributed by atoms with Crippen molar-refractivity contribution in [2.45, 2.75) is 12.1 Å². The Labute approximate surface area is 209 Å². The Bertz CT molecular complexity index is 1440. The molecular formula is C26H16Cl2FN3O3. The third kappa shape index (κ3) is 3.22. The molecule has 35 heavy (non-hydrogen) atoms. The van der Waals surface area contributed by atoms with Crippen LogP contribution in [0.1, 0.15) is 27.5 Å². The number of rotatable bonds is 3. The molecule has 0 aliphatic carbocycles. The SMILES string of the molecule is O=C(c1ccc(F)cc1)C1C2C(=O)N(c3ccc(Cl)cc3Cl)C(=O)C2C2c3ccccc3C=NN12. The number of hydrogen-bond donors (Lipinski definition) is 0. The molecule has 0 bridgehead atoms. The fourth-order valence-corrected chi connectivity index (χ4v) is 5.85. The van der Waals surface area contributed by atoms with E-state index in [-0.39, 0.29) is 16.3 Å². The fraction of sp³-hybridized carbons (Fsp3) is 0.154. The summed E-state index contributed by atoms with van der Waals surface area (Å²) in [6.45, 7) is 0. The number of halogens is 3. The van der Waals surface area contributed by atoms with Gasteiger partial charge in [-0.3, -0.25) is 19.4 Å². The summed E-state index contributed by atoms with van der Waals surface area (Å²) in [7, 11) is 0. The Balaban J connectivity index is 1.50. The number of carbonyl (C=O) groups excluding carboxylic acids is 3. The van der Waals surface area contributed by atoms with Crippen molar-refractivity contribution in [3.8, 4) is 0 Å². The minimum atomic E-state index is -1.05. The second-order valence-electron chi connectivity index (χ2n) is 8.67. The summed E-state index contributed by atoms with van der Waals surface area (Å²) in [5.74, 6) is -3.75. The minimum Gasteiger partial charge on any atom is -0.292 e. The first-order valence-corrected chi connectivity index (χ1v) is 11.7. The van der Waals surface area contributed by atoms with Crippen LogP contribution in [0, 0.1) is 17.7 Å². The van der Waals surface area contributed by atoms with Crippen molar-refractivity contribution in [1.29, 1.82) is 0 Å². The number of carbonyl (C=O) groups is 3. The molecule has 3 aliphatic rings. The van der Waals surface area contributed by atoms with E-state index in [0.29, 0.717) is 5.02 Å². The van der Waals surface area contributed by atoms with Crippen molar-refractivity contribution in [2.24, 2.45) is 16.9 Å². The zero-order valence-electron chi connectivity index (χ0n) is 17.9. The highest BCUT2D eigenvalue weighted by molar-refractivity contribution is 6.38. The highest BCUT2D eigenvalue weighted by atomic mass is 35.5. The number of nitrogens with zero attached hydrogens (tertiary/aromatic N) is 3. The van der Waals surface area contributed by atoms with E-state index in [1.165, 1.54) is 36.4 Å². The van der Waals surface area contributed by atoms with Crippen molar-refractivity contribution in [3.05, 3.63) is 99.3 Å². The molecule has 6 nitrogen and oxygen atoms in total. The van der Waals surface area contributed by atoms with Gasteiger partial charge in [-0.05, 0) is 53.6 Å². The maximum Gasteiger partial charge on any atom is 0.240 e. The summed E-state index contributed by atoms with van der Waals surface area (Å²) in [6, 6.07) is 15.4. The Morgan fingerprint density at radius 3 is 2.37 bits per heavy atom. The Morgan fingerprint density at radius 2 is 1.63 bits per heavy atom. The quantitative estimate of drug-likeness (QED) is 0.373. The van der Waals surface area contributed by atoms with Gasteiger partial charge in [0, 0.05) is 10.6 Å². The summed E-state index contributed by atoms with van der Waals surface area (Å²) in [6.07, 6.45) is 1.63. The monoisotopic (exact) mass is 507 g/mol. The van der Waals surface area contributed by atoms with E-state index in [1.807, 2.05) is 24.3 Å². The molecule has 3 aromatic rings. The lowest BCUT2D eigenvalue weighted by Gasteiger charge is -2.33. The number of ketones is 1. The van der Waals surface area contributed by atoms with E-state index in [4.69, 9.17) is 23.2 Å². The van der Waals surface area contributed by atoms with Gasteiger partial charge in [0.25, 0.3) is 0 Å². The largest absolute Gasteiger partial charge is 0.292 e.